The van der Waals surface area contributed by atoms with Gasteiger partial charge in [-0.2, -0.15) is 0 Å². The van der Waals surface area contributed by atoms with Gasteiger partial charge in [-0.05, 0) is 36.1 Å². The van der Waals surface area contributed by atoms with Crippen LogP contribution in [0.4, 0.5) is 0 Å². The predicted octanol–water partition coefficient (Wildman–Crippen LogP) is 2.95. The predicted molar refractivity (Wildman–Crippen MR) is 79.5 cm³/mol. The van der Waals surface area contributed by atoms with Gasteiger partial charge >= 0.3 is 0 Å². The Morgan fingerprint density at radius 1 is 1.05 bits per heavy atom. The lowest BCUT2D eigenvalue weighted by molar-refractivity contribution is -0.121. The van der Waals surface area contributed by atoms with Crippen molar-refractivity contribution in [3.8, 4) is 5.75 Å². The van der Waals surface area contributed by atoms with Crippen molar-refractivity contribution in [2.24, 2.45) is 0 Å². The molecule has 0 unspecified atom stereocenters. The number of carbonyl (C=O) groups excluding carboxylic acids is 1. The molecule has 0 fully saturated rings. The summed E-state index contributed by atoms with van der Waals surface area (Å²) in [5.74, 6) is 0.246. The Bertz CT molecular complexity index is 542. The normalized spacial score (nSPS) is 10.2. The van der Waals surface area contributed by atoms with E-state index >= 15 is 0 Å². The lowest BCUT2D eigenvalue weighted by atomic mass is 10.1. The molecule has 3 nitrogen and oxygen atoms in total. The summed E-state index contributed by atoms with van der Waals surface area (Å²) >= 11 is 0. The maximum absolute atomic E-state index is 11.8. The zero-order valence-corrected chi connectivity index (χ0v) is 11.6. The van der Waals surface area contributed by atoms with Crippen LogP contribution in [0.25, 0.3) is 0 Å². The molecule has 20 heavy (non-hydrogen) atoms. The topological polar surface area (TPSA) is 49.3 Å². The zero-order chi connectivity index (χ0) is 14.4. The van der Waals surface area contributed by atoms with E-state index in [2.05, 4.69) is 5.32 Å². The molecule has 0 saturated carbocycles. The van der Waals surface area contributed by atoms with E-state index in [4.69, 9.17) is 0 Å². The van der Waals surface area contributed by atoms with Gasteiger partial charge in [-0.1, -0.05) is 42.5 Å². The van der Waals surface area contributed by atoms with Crippen LogP contribution in [0.5, 0.6) is 5.75 Å². The Hall–Kier alpha value is -2.29. The maximum Gasteiger partial charge on any atom is 0.220 e. The highest BCUT2D eigenvalue weighted by molar-refractivity contribution is 5.76. The molecule has 0 saturated heterocycles. The first-order valence-electron chi connectivity index (χ1n) is 6.75. The maximum atomic E-state index is 11.8. The minimum Gasteiger partial charge on any atom is -0.508 e. The number of phenolic OH excluding ortho intramolecular Hbond substituents is 1. The van der Waals surface area contributed by atoms with Crippen molar-refractivity contribution in [2.75, 3.05) is 0 Å². The van der Waals surface area contributed by atoms with Gasteiger partial charge in [-0.25, -0.2) is 0 Å². The number of aromatic hydroxyl groups is 1. The fraction of sp³-hybridized carbons (Fsp3) is 0.235. The van der Waals surface area contributed by atoms with Crippen molar-refractivity contribution in [3.63, 3.8) is 0 Å². The second kappa shape index (κ2) is 6.75. The highest BCUT2D eigenvalue weighted by Gasteiger charge is 2.05. The molecule has 0 bridgehead atoms. The molecule has 0 spiro atoms. The summed E-state index contributed by atoms with van der Waals surface area (Å²) in [4.78, 5) is 11.8. The molecule has 0 aromatic heterocycles. The van der Waals surface area contributed by atoms with E-state index in [1.165, 1.54) is 5.56 Å². The summed E-state index contributed by atoms with van der Waals surface area (Å²) in [6.45, 7) is 2.58. The molecule has 0 aliphatic rings. The van der Waals surface area contributed by atoms with Crippen molar-refractivity contribution < 1.29 is 9.90 Å². The first-order chi connectivity index (χ1) is 9.66. The summed E-state index contributed by atoms with van der Waals surface area (Å²) in [6.07, 6.45) is 0.926. The van der Waals surface area contributed by atoms with E-state index in [0.717, 1.165) is 11.1 Å². The molecule has 0 atom stereocenters. The molecule has 3 heteroatoms. The summed E-state index contributed by atoms with van der Waals surface area (Å²) in [5, 5.41) is 12.5. The molecule has 2 rings (SSSR count). The number of benzene rings is 2. The fourth-order valence-electron chi connectivity index (χ4n) is 2.06. The van der Waals surface area contributed by atoms with Gasteiger partial charge in [0.2, 0.25) is 5.91 Å². The van der Waals surface area contributed by atoms with Gasteiger partial charge in [0.15, 0.2) is 0 Å². The Balaban J connectivity index is 1.82. The Morgan fingerprint density at radius 2 is 1.70 bits per heavy atom. The SMILES string of the molecule is Cc1ccccc1CNC(=O)CCc1ccccc1O. The number of carbonyl (C=O) groups is 1. The van der Waals surface area contributed by atoms with Crippen LogP contribution >= 0.6 is 0 Å². The molecule has 0 aliphatic carbocycles. The molecule has 0 aliphatic heterocycles. The number of hydrogen-bond donors (Lipinski definition) is 2. The molecule has 2 N–H and O–H groups in total. The quantitative estimate of drug-likeness (QED) is 0.876. The van der Waals surface area contributed by atoms with E-state index in [1.54, 1.807) is 12.1 Å². The van der Waals surface area contributed by atoms with Crippen LogP contribution < -0.4 is 5.32 Å². The zero-order valence-electron chi connectivity index (χ0n) is 11.6. The second-order valence-electron chi connectivity index (χ2n) is 4.83. The summed E-state index contributed by atoms with van der Waals surface area (Å²) < 4.78 is 0. The molecular formula is C17H19NO2. The van der Waals surface area contributed by atoms with E-state index in [9.17, 15) is 9.90 Å². The smallest absolute Gasteiger partial charge is 0.220 e. The third-order valence-electron chi connectivity index (χ3n) is 3.35. The Labute approximate surface area is 119 Å². The molecule has 2 aromatic rings. The minimum absolute atomic E-state index is 0.00324. The third kappa shape index (κ3) is 3.85. The van der Waals surface area contributed by atoms with Crippen LogP contribution in [0, 0.1) is 6.92 Å². The molecule has 0 radical (unpaired) electrons. The van der Waals surface area contributed by atoms with Crippen molar-refractivity contribution >= 4 is 5.91 Å². The van der Waals surface area contributed by atoms with Crippen LogP contribution in [0.2, 0.25) is 0 Å². The second-order valence-corrected chi connectivity index (χ2v) is 4.83. The van der Waals surface area contributed by atoms with Gasteiger partial charge in [0, 0.05) is 13.0 Å². The summed E-state index contributed by atoms with van der Waals surface area (Å²) in [6, 6.07) is 15.1. The van der Waals surface area contributed by atoms with Gasteiger partial charge < -0.3 is 10.4 Å². The highest BCUT2D eigenvalue weighted by Crippen LogP contribution is 2.17. The number of rotatable bonds is 5. The van der Waals surface area contributed by atoms with Crippen molar-refractivity contribution in [1.82, 2.24) is 5.32 Å². The summed E-state index contributed by atoms with van der Waals surface area (Å²) in [5.41, 5.74) is 3.11. The number of aryl methyl sites for hydroxylation is 2. The lowest BCUT2D eigenvalue weighted by Gasteiger charge is -2.08. The molecular weight excluding hydrogens is 250 g/mol. The summed E-state index contributed by atoms with van der Waals surface area (Å²) in [7, 11) is 0. The van der Waals surface area contributed by atoms with Gasteiger partial charge in [-0.3, -0.25) is 4.79 Å². The van der Waals surface area contributed by atoms with Gasteiger partial charge in [0.25, 0.3) is 0 Å². The number of para-hydroxylation sites is 1. The van der Waals surface area contributed by atoms with Crippen molar-refractivity contribution in [3.05, 3.63) is 65.2 Å². The first-order valence-corrected chi connectivity index (χ1v) is 6.75. The highest BCUT2D eigenvalue weighted by atomic mass is 16.3. The fourth-order valence-corrected chi connectivity index (χ4v) is 2.06. The van der Waals surface area contributed by atoms with Crippen LogP contribution in [0.1, 0.15) is 23.1 Å². The monoisotopic (exact) mass is 269 g/mol. The van der Waals surface area contributed by atoms with Gasteiger partial charge in [0.05, 0.1) is 0 Å². The van der Waals surface area contributed by atoms with Crippen LogP contribution in [0.3, 0.4) is 0 Å². The van der Waals surface area contributed by atoms with E-state index in [1.807, 2.05) is 43.3 Å². The Morgan fingerprint density at radius 3 is 2.40 bits per heavy atom. The molecule has 104 valence electrons. The van der Waals surface area contributed by atoms with Crippen molar-refractivity contribution in [1.29, 1.82) is 0 Å². The van der Waals surface area contributed by atoms with Crippen molar-refractivity contribution in [2.45, 2.75) is 26.3 Å². The number of nitrogens with one attached hydrogen (secondary N) is 1. The van der Waals surface area contributed by atoms with Gasteiger partial charge in [-0.15, -0.1) is 0 Å². The van der Waals surface area contributed by atoms with E-state index in [0.29, 0.717) is 19.4 Å². The van der Waals surface area contributed by atoms with E-state index < -0.39 is 0 Å². The van der Waals surface area contributed by atoms with Crippen LogP contribution in [-0.4, -0.2) is 11.0 Å². The standard InChI is InChI=1S/C17H19NO2/c1-13-6-2-3-8-15(13)12-18-17(20)11-10-14-7-4-5-9-16(14)19/h2-9,19H,10-12H2,1H3,(H,18,20). The van der Waals surface area contributed by atoms with Crippen LogP contribution in [0.15, 0.2) is 48.5 Å². The largest absolute Gasteiger partial charge is 0.508 e. The van der Waals surface area contributed by atoms with Crippen LogP contribution in [-0.2, 0) is 17.8 Å². The molecule has 0 heterocycles. The lowest BCUT2D eigenvalue weighted by Crippen LogP contribution is -2.23. The molecule has 2 aromatic carbocycles. The number of phenols is 1. The minimum atomic E-state index is -0.00324. The van der Waals surface area contributed by atoms with E-state index in [-0.39, 0.29) is 11.7 Å². The average Bonchev–Trinajstić information content (AvgIpc) is 2.45. The third-order valence-corrected chi connectivity index (χ3v) is 3.35. The Kier molecular flexibility index (Phi) is 4.77. The number of hydrogen-bond acceptors (Lipinski definition) is 2. The van der Waals surface area contributed by atoms with Gasteiger partial charge in [0.1, 0.15) is 5.75 Å². The number of amides is 1. The molecule has 1 amide bonds. The average molecular weight is 269 g/mol. The first kappa shape index (κ1) is 14.1.